The molecule has 0 aliphatic heterocycles. The van der Waals surface area contributed by atoms with E-state index >= 15 is 0 Å². The van der Waals surface area contributed by atoms with Gasteiger partial charge in [0.2, 0.25) is 11.1 Å². The summed E-state index contributed by atoms with van der Waals surface area (Å²) in [6.45, 7) is 1.83. The third kappa shape index (κ3) is 5.18. The second-order valence-corrected chi connectivity index (χ2v) is 8.74. The molecule has 33 heavy (non-hydrogen) atoms. The highest BCUT2D eigenvalue weighted by atomic mass is 32.2. The molecule has 0 radical (unpaired) electrons. The van der Waals surface area contributed by atoms with Gasteiger partial charge in [-0.15, -0.1) is 10.2 Å². The van der Waals surface area contributed by atoms with Crippen LogP contribution in [0.4, 0.5) is 0 Å². The molecule has 0 saturated heterocycles. The van der Waals surface area contributed by atoms with Gasteiger partial charge in [-0.25, -0.2) is 4.68 Å². The maximum atomic E-state index is 13.1. The number of methoxy groups -OCH3 is 1. The number of carbonyl (C=O) groups is 1. The first-order valence-electron chi connectivity index (χ1n) is 10.5. The van der Waals surface area contributed by atoms with E-state index < -0.39 is 5.25 Å². The quantitative estimate of drug-likeness (QED) is 0.305. The Kier molecular flexibility index (Phi) is 6.95. The molecule has 168 valence electrons. The van der Waals surface area contributed by atoms with Crippen molar-refractivity contribution in [3.63, 3.8) is 0 Å². The van der Waals surface area contributed by atoms with E-state index in [9.17, 15) is 4.79 Å². The lowest BCUT2D eigenvalue weighted by atomic mass is 9.98. The van der Waals surface area contributed by atoms with Gasteiger partial charge < -0.3 is 15.9 Å². The molecule has 1 unspecified atom stereocenters. The van der Waals surface area contributed by atoms with E-state index in [2.05, 4.69) is 15.5 Å². The Labute approximate surface area is 197 Å². The molecular formula is C25H25N5O2S. The molecule has 4 aromatic rings. The van der Waals surface area contributed by atoms with Crippen LogP contribution in [0.1, 0.15) is 24.1 Å². The van der Waals surface area contributed by atoms with Gasteiger partial charge >= 0.3 is 0 Å². The van der Waals surface area contributed by atoms with Crippen molar-refractivity contribution in [3.05, 3.63) is 96.1 Å². The number of amides is 1. The van der Waals surface area contributed by atoms with Gasteiger partial charge in [0.15, 0.2) is 5.82 Å². The van der Waals surface area contributed by atoms with Crippen LogP contribution in [0.5, 0.6) is 5.75 Å². The maximum Gasteiger partial charge on any atom is 0.234 e. The van der Waals surface area contributed by atoms with Crippen molar-refractivity contribution >= 4 is 17.7 Å². The fourth-order valence-corrected chi connectivity index (χ4v) is 4.19. The smallest absolute Gasteiger partial charge is 0.234 e. The summed E-state index contributed by atoms with van der Waals surface area (Å²) in [5.41, 5.74) is 2.83. The summed E-state index contributed by atoms with van der Waals surface area (Å²) >= 11 is 1.26. The van der Waals surface area contributed by atoms with Crippen LogP contribution in [-0.2, 0) is 4.79 Å². The minimum Gasteiger partial charge on any atom is -0.497 e. The minimum atomic E-state index is -0.435. The number of nitrogens with one attached hydrogen (secondary N) is 1. The van der Waals surface area contributed by atoms with Crippen LogP contribution in [0.3, 0.4) is 0 Å². The van der Waals surface area contributed by atoms with Crippen molar-refractivity contribution in [2.24, 2.45) is 0 Å². The average molecular weight is 460 g/mol. The Balaban J connectivity index is 1.49. The number of rotatable bonds is 8. The highest BCUT2D eigenvalue weighted by Crippen LogP contribution is 2.27. The summed E-state index contributed by atoms with van der Waals surface area (Å²) in [5.74, 6) is 7.38. The zero-order valence-electron chi connectivity index (χ0n) is 18.4. The molecular weight excluding hydrogens is 434 g/mol. The molecule has 3 N–H and O–H groups in total. The molecule has 0 bridgehead atoms. The first-order valence-corrected chi connectivity index (χ1v) is 11.4. The lowest BCUT2D eigenvalue weighted by Gasteiger charge is -2.22. The Bertz CT molecular complexity index is 1160. The average Bonchev–Trinajstić information content (AvgIpc) is 3.23. The van der Waals surface area contributed by atoms with Gasteiger partial charge in [0.1, 0.15) is 5.75 Å². The monoisotopic (exact) mass is 459 g/mol. The van der Waals surface area contributed by atoms with Crippen LogP contribution in [-0.4, -0.2) is 33.1 Å². The van der Waals surface area contributed by atoms with E-state index in [1.807, 2.05) is 91.9 Å². The number of aromatic nitrogens is 3. The summed E-state index contributed by atoms with van der Waals surface area (Å²) < 4.78 is 6.60. The third-order valence-corrected chi connectivity index (χ3v) is 6.27. The van der Waals surface area contributed by atoms with Gasteiger partial charge in [-0.1, -0.05) is 72.4 Å². The Morgan fingerprint density at radius 2 is 1.52 bits per heavy atom. The molecule has 1 aromatic heterocycles. The molecule has 1 heterocycles. The van der Waals surface area contributed by atoms with E-state index in [4.69, 9.17) is 10.6 Å². The summed E-state index contributed by atoms with van der Waals surface area (Å²) in [6, 6.07) is 26.9. The van der Waals surface area contributed by atoms with Gasteiger partial charge in [0, 0.05) is 5.56 Å². The lowest BCUT2D eigenvalue weighted by molar-refractivity contribution is -0.120. The predicted molar refractivity (Wildman–Crippen MR) is 130 cm³/mol. The Hall–Kier alpha value is -3.78. The van der Waals surface area contributed by atoms with Crippen LogP contribution in [0, 0.1) is 0 Å². The van der Waals surface area contributed by atoms with Crippen LogP contribution < -0.4 is 15.9 Å². The second kappa shape index (κ2) is 10.2. The van der Waals surface area contributed by atoms with Crippen LogP contribution in [0.25, 0.3) is 11.4 Å². The largest absolute Gasteiger partial charge is 0.497 e. The first-order chi connectivity index (χ1) is 16.1. The zero-order chi connectivity index (χ0) is 23.2. The number of nitrogen functional groups attached to an aromatic ring is 1. The van der Waals surface area contributed by atoms with Crippen molar-refractivity contribution in [1.82, 2.24) is 20.2 Å². The van der Waals surface area contributed by atoms with Crippen molar-refractivity contribution in [3.8, 4) is 17.1 Å². The van der Waals surface area contributed by atoms with Crippen LogP contribution in [0.2, 0.25) is 0 Å². The van der Waals surface area contributed by atoms with E-state index in [1.165, 1.54) is 16.4 Å². The SMILES string of the molecule is COc1ccc(-c2nnc(SC(C)C(=O)NC(c3ccccc3)c3ccccc3)n2N)cc1. The summed E-state index contributed by atoms with van der Waals surface area (Å²) in [7, 11) is 1.61. The highest BCUT2D eigenvalue weighted by Gasteiger charge is 2.23. The summed E-state index contributed by atoms with van der Waals surface area (Å²) in [5, 5.41) is 11.6. The zero-order valence-corrected chi connectivity index (χ0v) is 19.2. The van der Waals surface area contributed by atoms with Crippen molar-refractivity contribution in [2.75, 3.05) is 13.0 Å². The van der Waals surface area contributed by atoms with E-state index in [0.29, 0.717) is 11.0 Å². The molecule has 0 spiro atoms. The van der Waals surface area contributed by atoms with Crippen molar-refractivity contribution < 1.29 is 9.53 Å². The normalized spacial score (nSPS) is 11.8. The van der Waals surface area contributed by atoms with E-state index in [0.717, 1.165) is 22.4 Å². The highest BCUT2D eigenvalue weighted by molar-refractivity contribution is 8.00. The number of benzene rings is 3. The van der Waals surface area contributed by atoms with Gasteiger partial charge in [0.05, 0.1) is 18.4 Å². The molecule has 1 atom stereocenters. The van der Waals surface area contributed by atoms with Gasteiger partial charge in [-0.3, -0.25) is 4.79 Å². The number of ether oxygens (including phenoxy) is 1. The molecule has 8 heteroatoms. The molecule has 7 nitrogen and oxygen atoms in total. The number of nitrogens with two attached hydrogens (primary N) is 1. The lowest BCUT2D eigenvalue weighted by Crippen LogP contribution is -2.35. The Morgan fingerprint density at radius 1 is 0.939 bits per heavy atom. The standard InChI is InChI=1S/C25H25N5O2S/c1-17(33-25-29-28-23(30(25)26)20-13-15-21(32-2)16-14-20)24(31)27-22(18-9-5-3-6-10-18)19-11-7-4-8-12-19/h3-17,22H,26H2,1-2H3,(H,27,31). The summed E-state index contributed by atoms with van der Waals surface area (Å²) in [6.07, 6.45) is 0. The number of hydrogen-bond donors (Lipinski definition) is 2. The summed E-state index contributed by atoms with van der Waals surface area (Å²) in [4.78, 5) is 13.1. The van der Waals surface area contributed by atoms with Crippen molar-refractivity contribution in [1.29, 1.82) is 0 Å². The molecule has 1 amide bonds. The number of carbonyl (C=O) groups excluding carboxylic acids is 1. The first kappa shape index (κ1) is 22.4. The fourth-order valence-electron chi connectivity index (χ4n) is 3.42. The number of nitrogens with zero attached hydrogens (tertiary/aromatic N) is 3. The maximum absolute atomic E-state index is 13.1. The minimum absolute atomic E-state index is 0.119. The van der Waals surface area contributed by atoms with Crippen LogP contribution >= 0.6 is 11.8 Å². The van der Waals surface area contributed by atoms with Gasteiger partial charge in [-0.2, -0.15) is 0 Å². The molecule has 0 fully saturated rings. The molecule has 0 aliphatic carbocycles. The van der Waals surface area contributed by atoms with E-state index in [1.54, 1.807) is 7.11 Å². The van der Waals surface area contributed by atoms with Gasteiger partial charge in [0.25, 0.3) is 0 Å². The Morgan fingerprint density at radius 3 is 2.06 bits per heavy atom. The molecule has 0 aliphatic rings. The fraction of sp³-hybridized carbons (Fsp3) is 0.160. The van der Waals surface area contributed by atoms with Gasteiger partial charge in [-0.05, 0) is 42.3 Å². The van der Waals surface area contributed by atoms with Crippen LogP contribution in [0.15, 0.2) is 90.1 Å². The predicted octanol–water partition coefficient (Wildman–Crippen LogP) is 4.05. The van der Waals surface area contributed by atoms with E-state index in [-0.39, 0.29) is 11.9 Å². The number of hydrogen-bond acceptors (Lipinski definition) is 6. The van der Waals surface area contributed by atoms with Crippen molar-refractivity contribution in [2.45, 2.75) is 23.4 Å². The molecule has 3 aromatic carbocycles. The third-order valence-electron chi connectivity index (χ3n) is 5.22. The number of thioether (sulfide) groups is 1. The topological polar surface area (TPSA) is 95.1 Å². The molecule has 4 rings (SSSR count). The molecule has 0 saturated carbocycles. The second-order valence-electron chi connectivity index (χ2n) is 7.43.